The molecule has 0 bridgehead atoms. The predicted molar refractivity (Wildman–Crippen MR) is 124 cm³/mol. The molecule has 156 valence electrons. The molecule has 3 aromatic rings. The lowest BCUT2D eigenvalue weighted by Crippen LogP contribution is -2.05. The molecule has 5 nitrogen and oxygen atoms in total. The zero-order valence-corrected chi connectivity index (χ0v) is 18.8. The van der Waals surface area contributed by atoms with Gasteiger partial charge in [0.05, 0.1) is 7.11 Å². The number of nitrogens with zero attached hydrogens (tertiary/aromatic N) is 1. The van der Waals surface area contributed by atoms with Crippen LogP contribution in [0.5, 0.6) is 11.5 Å². The second kappa shape index (κ2) is 9.37. The summed E-state index contributed by atoms with van der Waals surface area (Å²) in [6.07, 6.45) is 1.64. The summed E-state index contributed by atoms with van der Waals surface area (Å²) in [7, 11) is 1.55. The van der Waals surface area contributed by atoms with Gasteiger partial charge in [-0.25, -0.2) is 9.79 Å². The summed E-state index contributed by atoms with van der Waals surface area (Å²) in [5.74, 6) is 0.822. The van der Waals surface area contributed by atoms with Crippen molar-refractivity contribution in [3.63, 3.8) is 0 Å². The summed E-state index contributed by atoms with van der Waals surface area (Å²) in [6.45, 7) is 0.292. The van der Waals surface area contributed by atoms with E-state index in [1.807, 2.05) is 54.6 Å². The van der Waals surface area contributed by atoms with Crippen LogP contribution >= 0.6 is 27.5 Å². The van der Waals surface area contributed by atoms with Crippen LogP contribution in [0.25, 0.3) is 6.08 Å². The minimum atomic E-state index is -0.510. The van der Waals surface area contributed by atoms with E-state index in [-0.39, 0.29) is 11.6 Å². The third kappa shape index (κ3) is 4.81. The number of methoxy groups -OCH3 is 1. The number of cyclic esters (lactones) is 1. The van der Waals surface area contributed by atoms with Gasteiger partial charge in [-0.1, -0.05) is 63.9 Å². The maximum absolute atomic E-state index is 12.3. The summed E-state index contributed by atoms with van der Waals surface area (Å²) in [6, 6.07) is 20.3. The third-order valence-electron chi connectivity index (χ3n) is 4.56. The number of rotatable bonds is 6. The number of halogens is 2. The van der Waals surface area contributed by atoms with Crippen LogP contribution in [0.1, 0.15) is 16.7 Å². The molecule has 0 amide bonds. The Labute approximate surface area is 193 Å². The van der Waals surface area contributed by atoms with Gasteiger partial charge in [0.1, 0.15) is 6.61 Å². The van der Waals surface area contributed by atoms with E-state index in [9.17, 15) is 4.79 Å². The van der Waals surface area contributed by atoms with Crippen LogP contribution in [0.3, 0.4) is 0 Å². The lowest BCUT2D eigenvalue weighted by atomic mass is 10.1. The van der Waals surface area contributed by atoms with Crippen molar-refractivity contribution in [2.24, 2.45) is 4.99 Å². The van der Waals surface area contributed by atoms with Gasteiger partial charge in [-0.15, -0.1) is 0 Å². The van der Waals surface area contributed by atoms with E-state index in [1.165, 1.54) is 0 Å². The monoisotopic (exact) mass is 497 g/mol. The number of aliphatic imine (C=N–C) groups is 1. The largest absolute Gasteiger partial charge is 0.493 e. The van der Waals surface area contributed by atoms with Gasteiger partial charge < -0.3 is 14.2 Å². The summed E-state index contributed by atoms with van der Waals surface area (Å²) in [5, 5.41) is 0.633. The fourth-order valence-corrected chi connectivity index (χ4v) is 3.59. The summed E-state index contributed by atoms with van der Waals surface area (Å²) >= 11 is 9.73. The molecule has 0 saturated carbocycles. The molecule has 0 spiro atoms. The summed E-state index contributed by atoms with van der Waals surface area (Å²) < 4.78 is 17.4. The number of hydrogen-bond acceptors (Lipinski definition) is 5. The first-order valence-corrected chi connectivity index (χ1v) is 10.5. The molecule has 1 aliphatic rings. The van der Waals surface area contributed by atoms with Gasteiger partial charge in [-0.05, 0) is 42.0 Å². The summed E-state index contributed by atoms with van der Waals surface area (Å²) in [5.41, 5.74) is 2.50. The Balaban J connectivity index is 1.60. The van der Waals surface area contributed by atoms with Gasteiger partial charge in [0.15, 0.2) is 17.2 Å². The van der Waals surface area contributed by atoms with Crippen LogP contribution in [0.15, 0.2) is 81.9 Å². The highest BCUT2D eigenvalue weighted by Gasteiger charge is 2.24. The van der Waals surface area contributed by atoms with Crippen molar-refractivity contribution in [1.82, 2.24) is 0 Å². The Hall–Kier alpha value is -3.09. The second-order valence-corrected chi connectivity index (χ2v) is 7.87. The van der Waals surface area contributed by atoms with E-state index in [2.05, 4.69) is 20.9 Å². The van der Waals surface area contributed by atoms with Crippen LogP contribution in [-0.4, -0.2) is 19.0 Å². The minimum absolute atomic E-state index is 0.200. The molecule has 0 saturated heterocycles. The molecule has 0 fully saturated rings. The molecule has 31 heavy (non-hydrogen) atoms. The van der Waals surface area contributed by atoms with Crippen LogP contribution in [0, 0.1) is 0 Å². The van der Waals surface area contributed by atoms with E-state index >= 15 is 0 Å². The van der Waals surface area contributed by atoms with E-state index in [1.54, 1.807) is 25.3 Å². The van der Waals surface area contributed by atoms with Crippen molar-refractivity contribution in [3.05, 3.63) is 98.6 Å². The Morgan fingerprint density at radius 1 is 1.06 bits per heavy atom. The standard InChI is InChI=1S/C24H17BrClNO4/c1-29-21-12-17(11-20-24(28)31-23(27-20)15-7-3-2-4-8-15)18(25)13-22(21)30-14-16-9-5-6-10-19(16)26/h2-13H,14H2,1H3/b20-11-. The van der Waals surface area contributed by atoms with E-state index in [0.29, 0.717) is 33.2 Å². The van der Waals surface area contributed by atoms with Crippen molar-refractivity contribution in [1.29, 1.82) is 0 Å². The normalized spacial score (nSPS) is 14.4. The molecule has 0 aromatic heterocycles. The van der Waals surface area contributed by atoms with Crippen molar-refractivity contribution < 1.29 is 19.0 Å². The molecule has 0 aliphatic carbocycles. The molecule has 0 atom stereocenters. The maximum Gasteiger partial charge on any atom is 0.363 e. The van der Waals surface area contributed by atoms with Crippen LogP contribution in [0.4, 0.5) is 0 Å². The van der Waals surface area contributed by atoms with E-state index < -0.39 is 5.97 Å². The smallest absolute Gasteiger partial charge is 0.363 e. The fourth-order valence-electron chi connectivity index (χ4n) is 2.97. The molecule has 0 radical (unpaired) electrons. The Morgan fingerprint density at radius 3 is 2.55 bits per heavy atom. The molecule has 4 rings (SSSR count). The molecular weight excluding hydrogens is 482 g/mol. The quantitative estimate of drug-likeness (QED) is 0.307. The van der Waals surface area contributed by atoms with Crippen molar-refractivity contribution >= 4 is 45.5 Å². The average Bonchev–Trinajstić information content (AvgIpc) is 3.15. The third-order valence-corrected chi connectivity index (χ3v) is 5.61. The van der Waals surface area contributed by atoms with Crippen LogP contribution < -0.4 is 9.47 Å². The van der Waals surface area contributed by atoms with Gasteiger partial charge >= 0.3 is 5.97 Å². The van der Waals surface area contributed by atoms with E-state index in [0.717, 1.165) is 11.1 Å². The molecular formula is C24H17BrClNO4. The highest BCUT2D eigenvalue weighted by molar-refractivity contribution is 9.10. The van der Waals surface area contributed by atoms with Crippen molar-refractivity contribution in [3.8, 4) is 11.5 Å². The minimum Gasteiger partial charge on any atom is -0.493 e. The van der Waals surface area contributed by atoms with E-state index in [4.69, 9.17) is 25.8 Å². The number of hydrogen-bond donors (Lipinski definition) is 0. The van der Waals surface area contributed by atoms with Gasteiger partial charge in [-0.2, -0.15) is 0 Å². The fraction of sp³-hybridized carbons (Fsp3) is 0.0833. The number of benzene rings is 3. The molecule has 3 aromatic carbocycles. The lowest BCUT2D eigenvalue weighted by Gasteiger charge is -2.13. The predicted octanol–water partition coefficient (Wildman–Crippen LogP) is 6.03. The first kappa shape index (κ1) is 21.2. The highest BCUT2D eigenvalue weighted by Crippen LogP contribution is 2.36. The number of carbonyl (C=O) groups excluding carboxylic acids is 1. The molecule has 7 heteroatoms. The molecule has 0 N–H and O–H groups in total. The first-order valence-electron chi connectivity index (χ1n) is 9.37. The van der Waals surface area contributed by atoms with Gasteiger partial charge in [0, 0.05) is 20.6 Å². The lowest BCUT2D eigenvalue weighted by molar-refractivity contribution is -0.129. The highest BCUT2D eigenvalue weighted by atomic mass is 79.9. The van der Waals surface area contributed by atoms with Gasteiger partial charge in [-0.3, -0.25) is 0 Å². The zero-order chi connectivity index (χ0) is 21.8. The van der Waals surface area contributed by atoms with Crippen LogP contribution in [0.2, 0.25) is 5.02 Å². The topological polar surface area (TPSA) is 57.1 Å². The molecule has 1 aliphatic heterocycles. The Morgan fingerprint density at radius 2 is 1.81 bits per heavy atom. The second-order valence-electron chi connectivity index (χ2n) is 6.61. The zero-order valence-electron chi connectivity index (χ0n) is 16.5. The van der Waals surface area contributed by atoms with Gasteiger partial charge in [0.25, 0.3) is 0 Å². The van der Waals surface area contributed by atoms with Crippen molar-refractivity contribution in [2.45, 2.75) is 6.61 Å². The molecule has 1 heterocycles. The van der Waals surface area contributed by atoms with Crippen molar-refractivity contribution in [2.75, 3.05) is 7.11 Å². The Kier molecular flexibility index (Phi) is 6.39. The number of carbonyl (C=O) groups is 1. The average molecular weight is 499 g/mol. The maximum atomic E-state index is 12.3. The number of ether oxygens (including phenoxy) is 3. The summed E-state index contributed by atoms with van der Waals surface area (Å²) in [4.78, 5) is 16.6. The van der Waals surface area contributed by atoms with Crippen LogP contribution in [-0.2, 0) is 16.1 Å². The Bertz CT molecular complexity index is 1190. The van der Waals surface area contributed by atoms with Gasteiger partial charge in [0.2, 0.25) is 5.90 Å². The SMILES string of the molecule is COc1cc(/C=C2\N=C(c3ccccc3)OC2=O)c(Br)cc1OCc1ccccc1Cl. The molecule has 0 unspecified atom stereocenters. The number of esters is 1. The first-order chi connectivity index (χ1) is 15.0.